The lowest BCUT2D eigenvalue weighted by atomic mass is 10.1. The summed E-state index contributed by atoms with van der Waals surface area (Å²) in [7, 11) is 0. The van der Waals surface area contributed by atoms with Gasteiger partial charge in [-0.2, -0.15) is 0 Å². The predicted octanol–water partition coefficient (Wildman–Crippen LogP) is 2.03. The third-order valence-electron chi connectivity index (χ3n) is 3.14. The fourth-order valence-electron chi connectivity index (χ4n) is 2.28. The molecule has 0 spiro atoms. The number of aryl methyl sites for hydroxylation is 1. The van der Waals surface area contributed by atoms with Crippen LogP contribution in [0, 0.1) is 6.92 Å². The minimum atomic E-state index is -0.739. The van der Waals surface area contributed by atoms with Crippen molar-refractivity contribution in [1.82, 2.24) is 0 Å². The molecule has 0 fully saturated rings. The van der Waals surface area contributed by atoms with Gasteiger partial charge < -0.3 is 14.6 Å². The van der Waals surface area contributed by atoms with E-state index in [0.29, 0.717) is 5.56 Å². The first kappa shape index (κ1) is 12.2. The predicted molar refractivity (Wildman–Crippen MR) is 74.3 cm³/mol. The Hall–Kier alpha value is -2.82. The lowest BCUT2D eigenvalue weighted by molar-refractivity contribution is 0.479. The molecule has 5 heteroatoms. The molecule has 0 aliphatic heterocycles. The SMILES string of the molecule is Cc1cc(O)c2c(=O)c3c(O)cccc3oc(=O)c2c1. The van der Waals surface area contributed by atoms with E-state index >= 15 is 0 Å². The van der Waals surface area contributed by atoms with Gasteiger partial charge in [0.25, 0.3) is 0 Å². The van der Waals surface area contributed by atoms with E-state index in [0.717, 1.165) is 0 Å². The first-order chi connectivity index (χ1) is 9.49. The van der Waals surface area contributed by atoms with Gasteiger partial charge in [-0.15, -0.1) is 0 Å². The lowest BCUT2D eigenvalue weighted by Crippen LogP contribution is -2.02. The second kappa shape index (κ2) is 4.09. The van der Waals surface area contributed by atoms with Crippen LogP contribution < -0.4 is 11.1 Å². The van der Waals surface area contributed by atoms with E-state index in [1.165, 1.54) is 30.3 Å². The van der Waals surface area contributed by atoms with Crippen molar-refractivity contribution >= 4 is 21.7 Å². The number of hydrogen-bond donors (Lipinski definition) is 2. The van der Waals surface area contributed by atoms with Gasteiger partial charge in [-0.05, 0) is 36.8 Å². The maximum absolute atomic E-state index is 12.5. The van der Waals surface area contributed by atoms with Crippen LogP contribution in [-0.4, -0.2) is 10.2 Å². The summed E-state index contributed by atoms with van der Waals surface area (Å²) in [5.74, 6) is -0.605. The first-order valence-electron chi connectivity index (χ1n) is 5.91. The summed E-state index contributed by atoms with van der Waals surface area (Å²) in [6.07, 6.45) is 0. The molecule has 0 aliphatic rings. The summed E-state index contributed by atoms with van der Waals surface area (Å²) in [4.78, 5) is 24.5. The number of fused-ring (bicyclic) bond motifs is 2. The molecule has 0 saturated heterocycles. The molecule has 0 saturated carbocycles. The normalized spacial score (nSPS) is 11.1. The van der Waals surface area contributed by atoms with Gasteiger partial charge in [0.05, 0.1) is 10.8 Å². The van der Waals surface area contributed by atoms with Gasteiger partial charge in [-0.1, -0.05) is 6.07 Å². The van der Waals surface area contributed by atoms with Gasteiger partial charge in [-0.3, -0.25) is 4.79 Å². The second-order valence-electron chi connectivity index (χ2n) is 4.58. The fourth-order valence-corrected chi connectivity index (χ4v) is 2.28. The Morgan fingerprint density at radius 1 is 1.00 bits per heavy atom. The molecule has 100 valence electrons. The zero-order valence-corrected chi connectivity index (χ0v) is 10.5. The Balaban J connectivity index is 2.81. The van der Waals surface area contributed by atoms with Gasteiger partial charge in [0.2, 0.25) is 5.43 Å². The van der Waals surface area contributed by atoms with Crippen LogP contribution in [0.5, 0.6) is 11.5 Å². The van der Waals surface area contributed by atoms with Gasteiger partial charge in [-0.25, -0.2) is 4.79 Å². The zero-order valence-electron chi connectivity index (χ0n) is 10.5. The van der Waals surface area contributed by atoms with E-state index in [-0.39, 0.29) is 33.2 Å². The molecule has 0 amide bonds. The van der Waals surface area contributed by atoms with Crippen molar-refractivity contribution in [2.24, 2.45) is 0 Å². The Kier molecular flexibility index (Phi) is 2.50. The van der Waals surface area contributed by atoms with Crippen molar-refractivity contribution in [1.29, 1.82) is 0 Å². The topological polar surface area (TPSA) is 87.7 Å². The second-order valence-corrected chi connectivity index (χ2v) is 4.58. The molecule has 0 bridgehead atoms. The van der Waals surface area contributed by atoms with Crippen molar-refractivity contribution in [2.75, 3.05) is 0 Å². The minimum absolute atomic E-state index is 0.0110. The Bertz CT molecular complexity index is 969. The van der Waals surface area contributed by atoms with Gasteiger partial charge in [0.1, 0.15) is 22.5 Å². The van der Waals surface area contributed by atoms with Crippen LogP contribution in [0.25, 0.3) is 21.7 Å². The van der Waals surface area contributed by atoms with Crippen molar-refractivity contribution in [2.45, 2.75) is 6.92 Å². The summed E-state index contributed by atoms with van der Waals surface area (Å²) in [5, 5.41) is 19.5. The van der Waals surface area contributed by atoms with Gasteiger partial charge in [0, 0.05) is 0 Å². The summed E-state index contributed by atoms with van der Waals surface area (Å²) in [5.41, 5.74) is -0.775. The average molecular weight is 270 g/mol. The summed E-state index contributed by atoms with van der Waals surface area (Å²) < 4.78 is 5.11. The summed E-state index contributed by atoms with van der Waals surface area (Å²) >= 11 is 0. The van der Waals surface area contributed by atoms with Crippen molar-refractivity contribution < 1.29 is 14.6 Å². The fraction of sp³-hybridized carbons (Fsp3) is 0.0667. The number of rotatable bonds is 0. The van der Waals surface area contributed by atoms with Crippen LogP contribution in [0.15, 0.2) is 44.3 Å². The third-order valence-corrected chi connectivity index (χ3v) is 3.14. The molecule has 0 aliphatic carbocycles. The van der Waals surface area contributed by atoms with Crippen LogP contribution in [0.2, 0.25) is 0 Å². The maximum Gasteiger partial charge on any atom is 0.344 e. The Labute approximate surface area is 112 Å². The van der Waals surface area contributed by atoms with Crippen molar-refractivity contribution in [3.8, 4) is 11.5 Å². The number of phenolic OH excluding ortho intramolecular Hbond substituents is 2. The Morgan fingerprint density at radius 3 is 2.50 bits per heavy atom. The number of aromatic hydroxyl groups is 2. The van der Waals surface area contributed by atoms with Crippen LogP contribution in [0.4, 0.5) is 0 Å². The Morgan fingerprint density at radius 2 is 1.75 bits per heavy atom. The monoisotopic (exact) mass is 270 g/mol. The van der Waals surface area contributed by atoms with Crippen LogP contribution >= 0.6 is 0 Å². The molecule has 0 atom stereocenters. The molecule has 2 N–H and O–H groups in total. The minimum Gasteiger partial charge on any atom is -0.507 e. The summed E-state index contributed by atoms with van der Waals surface area (Å²) in [6, 6.07) is 7.06. The summed E-state index contributed by atoms with van der Waals surface area (Å²) in [6.45, 7) is 1.69. The number of phenols is 2. The average Bonchev–Trinajstić information content (AvgIpc) is 2.46. The smallest absolute Gasteiger partial charge is 0.344 e. The lowest BCUT2D eigenvalue weighted by Gasteiger charge is -1.98. The third kappa shape index (κ3) is 1.64. The largest absolute Gasteiger partial charge is 0.507 e. The highest BCUT2D eigenvalue weighted by molar-refractivity contribution is 5.95. The van der Waals surface area contributed by atoms with Gasteiger partial charge in [0.15, 0.2) is 0 Å². The molecule has 2 aromatic carbocycles. The molecule has 3 aromatic rings. The number of hydrogen-bond acceptors (Lipinski definition) is 5. The van der Waals surface area contributed by atoms with Crippen molar-refractivity contribution in [3.63, 3.8) is 0 Å². The van der Waals surface area contributed by atoms with Crippen LogP contribution in [0.3, 0.4) is 0 Å². The molecular formula is C15H10O5. The quantitative estimate of drug-likeness (QED) is 0.652. The van der Waals surface area contributed by atoms with E-state index in [2.05, 4.69) is 0 Å². The number of benzene rings is 2. The van der Waals surface area contributed by atoms with Gasteiger partial charge >= 0.3 is 5.63 Å². The highest BCUT2D eigenvalue weighted by Gasteiger charge is 2.14. The van der Waals surface area contributed by atoms with E-state index in [1.54, 1.807) is 6.92 Å². The van der Waals surface area contributed by atoms with E-state index in [4.69, 9.17) is 4.42 Å². The van der Waals surface area contributed by atoms with Crippen LogP contribution in [-0.2, 0) is 0 Å². The molecule has 20 heavy (non-hydrogen) atoms. The van der Waals surface area contributed by atoms with E-state index in [9.17, 15) is 19.8 Å². The standard InChI is InChI=1S/C15H10O5/c1-7-5-8-12(10(17)6-7)14(18)13-9(16)3-2-4-11(13)20-15(8)19/h2-6,16-17H,1H3. The molecule has 3 rings (SSSR count). The zero-order chi connectivity index (χ0) is 14.4. The highest BCUT2D eigenvalue weighted by Crippen LogP contribution is 2.25. The van der Waals surface area contributed by atoms with Crippen molar-refractivity contribution in [3.05, 3.63) is 56.5 Å². The molecule has 5 nitrogen and oxygen atoms in total. The maximum atomic E-state index is 12.5. The molecule has 0 unspecified atom stereocenters. The molecule has 0 radical (unpaired) electrons. The molecule has 1 heterocycles. The van der Waals surface area contributed by atoms with Crippen LogP contribution in [0.1, 0.15) is 5.56 Å². The first-order valence-corrected chi connectivity index (χ1v) is 5.91. The molecule has 1 aromatic heterocycles. The highest BCUT2D eigenvalue weighted by atomic mass is 16.4. The molecular weight excluding hydrogens is 260 g/mol. The van der Waals surface area contributed by atoms with E-state index < -0.39 is 11.1 Å². The van der Waals surface area contributed by atoms with E-state index in [1.807, 2.05) is 0 Å².